The molecule has 0 unspecified atom stereocenters. The SMILES string of the molecule is Cc1c(-c2nnc(C3(c4ccc(Cl)cc4)CCC3)o2)nn(-c2ccc(Cl)cc2Cl)c1-c1ccc(Cl)cc1. The van der Waals surface area contributed by atoms with Crippen LogP contribution in [0.3, 0.4) is 0 Å². The van der Waals surface area contributed by atoms with Crippen molar-refractivity contribution < 1.29 is 4.42 Å². The van der Waals surface area contributed by atoms with Gasteiger partial charge in [-0.2, -0.15) is 5.10 Å². The van der Waals surface area contributed by atoms with Gasteiger partial charge in [0.1, 0.15) is 0 Å². The lowest BCUT2D eigenvalue weighted by Gasteiger charge is -2.39. The van der Waals surface area contributed by atoms with E-state index in [0.29, 0.717) is 43.3 Å². The Morgan fingerprint density at radius 1 is 0.811 bits per heavy atom. The zero-order valence-electron chi connectivity index (χ0n) is 19.7. The van der Waals surface area contributed by atoms with E-state index in [1.807, 2.05) is 61.5 Å². The maximum atomic E-state index is 6.60. The van der Waals surface area contributed by atoms with Gasteiger partial charge in [0.05, 0.1) is 21.8 Å². The van der Waals surface area contributed by atoms with Crippen molar-refractivity contribution in [3.63, 3.8) is 0 Å². The largest absolute Gasteiger partial charge is 0.418 e. The van der Waals surface area contributed by atoms with E-state index in [1.165, 1.54) is 0 Å². The molecule has 1 aliphatic rings. The number of halogens is 4. The lowest BCUT2D eigenvalue weighted by Crippen LogP contribution is -2.35. The van der Waals surface area contributed by atoms with Gasteiger partial charge in [0, 0.05) is 26.2 Å². The van der Waals surface area contributed by atoms with Crippen LogP contribution in [0.15, 0.2) is 71.1 Å². The Labute approximate surface area is 234 Å². The number of benzene rings is 3. The van der Waals surface area contributed by atoms with E-state index in [0.717, 1.165) is 41.6 Å². The zero-order chi connectivity index (χ0) is 25.7. The van der Waals surface area contributed by atoms with Crippen molar-refractivity contribution in [2.24, 2.45) is 0 Å². The summed E-state index contributed by atoms with van der Waals surface area (Å²) in [5, 5.41) is 16.2. The molecule has 1 aliphatic carbocycles. The Balaban J connectivity index is 1.49. The van der Waals surface area contributed by atoms with Crippen molar-refractivity contribution in [3.8, 4) is 28.5 Å². The summed E-state index contributed by atoms with van der Waals surface area (Å²) in [4.78, 5) is 0. The molecule has 37 heavy (non-hydrogen) atoms. The molecule has 5 aromatic rings. The first-order chi connectivity index (χ1) is 17.9. The normalized spacial score (nSPS) is 14.5. The molecule has 9 heteroatoms. The van der Waals surface area contributed by atoms with Gasteiger partial charge in [-0.1, -0.05) is 77.1 Å². The van der Waals surface area contributed by atoms with Crippen LogP contribution in [-0.4, -0.2) is 20.0 Å². The van der Waals surface area contributed by atoms with Gasteiger partial charge in [-0.05, 0) is 67.8 Å². The molecule has 0 aliphatic heterocycles. The topological polar surface area (TPSA) is 56.7 Å². The molecule has 0 amide bonds. The average Bonchev–Trinajstić information content (AvgIpc) is 3.45. The van der Waals surface area contributed by atoms with E-state index in [1.54, 1.807) is 16.8 Å². The monoisotopic (exact) mass is 568 g/mol. The summed E-state index contributed by atoms with van der Waals surface area (Å²) in [5.74, 6) is 0.939. The quantitative estimate of drug-likeness (QED) is 0.212. The minimum absolute atomic E-state index is 0.315. The molecular formula is C28H20Cl4N4O. The fraction of sp³-hybridized carbons (Fsp3) is 0.179. The number of rotatable bonds is 5. The van der Waals surface area contributed by atoms with E-state index >= 15 is 0 Å². The predicted molar refractivity (Wildman–Crippen MR) is 148 cm³/mol. The number of aromatic nitrogens is 4. The molecule has 2 aromatic heterocycles. The van der Waals surface area contributed by atoms with Crippen LogP contribution in [0, 0.1) is 6.92 Å². The molecule has 0 N–H and O–H groups in total. The summed E-state index contributed by atoms with van der Waals surface area (Å²) in [6.45, 7) is 1.98. The molecule has 0 spiro atoms. The second-order valence-corrected chi connectivity index (χ2v) is 10.9. The highest BCUT2D eigenvalue weighted by atomic mass is 35.5. The van der Waals surface area contributed by atoms with Crippen molar-refractivity contribution in [2.45, 2.75) is 31.6 Å². The fourth-order valence-electron chi connectivity index (χ4n) is 4.91. The Morgan fingerprint density at radius 2 is 1.46 bits per heavy atom. The number of hydrogen-bond donors (Lipinski definition) is 0. The van der Waals surface area contributed by atoms with Crippen molar-refractivity contribution >= 4 is 46.4 Å². The Kier molecular flexibility index (Phi) is 6.28. The Bertz CT molecular complexity index is 1600. The van der Waals surface area contributed by atoms with E-state index in [9.17, 15) is 0 Å². The molecule has 1 saturated carbocycles. The summed E-state index contributed by atoms with van der Waals surface area (Å²) in [7, 11) is 0. The average molecular weight is 570 g/mol. The summed E-state index contributed by atoms with van der Waals surface area (Å²) < 4.78 is 8.13. The van der Waals surface area contributed by atoms with Crippen LogP contribution < -0.4 is 0 Å². The predicted octanol–water partition coefficient (Wildman–Crippen LogP) is 8.98. The van der Waals surface area contributed by atoms with Gasteiger partial charge in [-0.25, -0.2) is 4.68 Å². The molecule has 1 fully saturated rings. The first-order valence-electron chi connectivity index (χ1n) is 11.8. The minimum atomic E-state index is -0.315. The maximum Gasteiger partial charge on any atom is 0.268 e. The van der Waals surface area contributed by atoms with Crippen molar-refractivity contribution in [2.75, 3.05) is 0 Å². The molecule has 5 nitrogen and oxygen atoms in total. The van der Waals surface area contributed by atoms with E-state index in [2.05, 4.69) is 10.2 Å². The molecular weight excluding hydrogens is 550 g/mol. The van der Waals surface area contributed by atoms with Gasteiger partial charge in [0.15, 0.2) is 5.69 Å². The first kappa shape index (κ1) is 24.5. The molecule has 2 heterocycles. The van der Waals surface area contributed by atoms with Gasteiger partial charge in [-0.3, -0.25) is 0 Å². The van der Waals surface area contributed by atoms with Gasteiger partial charge in [0.25, 0.3) is 5.89 Å². The molecule has 0 saturated heterocycles. The van der Waals surface area contributed by atoms with Crippen LogP contribution in [0.4, 0.5) is 0 Å². The highest BCUT2D eigenvalue weighted by Crippen LogP contribution is 2.49. The minimum Gasteiger partial charge on any atom is -0.418 e. The van der Waals surface area contributed by atoms with Crippen molar-refractivity contribution in [1.82, 2.24) is 20.0 Å². The fourth-order valence-corrected chi connectivity index (χ4v) is 5.65. The summed E-state index contributed by atoms with van der Waals surface area (Å²) >= 11 is 25.1. The molecule has 0 radical (unpaired) electrons. The maximum absolute atomic E-state index is 6.60. The summed E-state index contributed by atoms with van der Waals surface area (Å²) in [5.41, 5.74) is 4.70. The van der Waals surface area contributed by atoms with Gasteiger partial charge >= 0.3 is 0 Å². The molecule has 0 atom stereocenters. The van der Waals surface area contributed by atoms with Crippen LogP contribution >= 0.6 is 46.4 Å². The molecule has 3 aromatic carbocycles. The third-order valence-corrected chi connectivity index (χ3v) is 8.06. The lowest BCUT2D eigenvalue weighted by atomic mass is 9.64. The van der Waals surface area contributed by atoms with Gasteiger partial charge in [0.2, 0.25) is 5.89 Å². The summed E-state index contributed by atoms with van der Waals surface area (Å²) in [6.07, 6.45) is 2.95. The molecule has 186 valence electrons. The van der Waals surface area contributed by atoms with E-state index in [4.69, 9.17) is 55.9 Å². The van der Waals surface area contributed by atoms with Crippen LogP contribution in [-0.2, 0) is 5.41 Å². The van der Waals surface area contributed by atoms with Gasteiger partial charge < -0.3 is 4.42 Å². The third kappa shape index (κ3) is 4.24. The molecule has 0 bridgehead atoms. The Hall–Kier alpha value is -2.83. The van der Waals surface area contributed by atoms with Crippen LogP contribution in [0.25, 0.3) is 28.5 Å². The number of nitrogens with zero attached hydrogens (tertiary/aromatic N) is 4. The van der Waals surface area contributed by atoms with Gasteiger partial charge in [-0.15, -0.1) is 10.2 Å². The summed E-state index contributed by atoms with van der Waals surface area (Å²) in [6, 6.07) is 20.7. The van der Waals surface area contributed by atoms with E-state index < -0.39 is 0 Å². The highest BCUT2D eigenvalue weighted by molar-refractivity contribution is 6.35. The Morgan fingerprint density at radius 3 is 2.08 bits per heavy atom. The van der Waals surface area contributed by atoms with Crippen molar-refractivity contribution in [3.05, 3.63) is 104 Å². The zero-order valence-corrected chi connectivity index (χ0v) is 22.7. The second kappa shape index (κ2) is 9.48. The third-order valence-electron chi connectivity index (χ3n) is 7.02. The smallest absolute Gasteiger partial charge is 0.268 e. The number of hydrogen-bond acceptors (Lipinski definition) is 4. The van der Waals surface area contributed by atoms with E-state index in [-0.39, 0.29) is 5.41 Å². The first-order valence-corrected chi connectivity index (χ1v) is 13.3. The van der Waals surface area contributed by atoms with Crippen molar-refractivity contribution in [1.29, 1.82) is 0 Å². The highest BCUT2D eigenvalue weighted by Gasteiger charge is 2.45. The van der Waals surface area contributed by atoms with Crippen LogP contribution in [0.1, 0.15) is 36.3 Å². The lowest BCUT2D eigenvalue weighted by molar-refractivity contribution is 0.241. The molecule has 6 rings (SSSR count). The van der Waals surface area contributed by atoms with Crippen LogP contribution in [0.5, 0.6) is 0 Å². The second-order valence-electron chi connectivity index (χ2n) is 9.19. The standard InChI is InChI=1S/C28H20Cl4N4O/c1-16-24(26-33-34-27(37-26)28(13-2-14-28)18-5-9-20(30)10-6-18)35-36(23-12-11-21(31)15-22(23)32)25(16)17-3-7-19(29)8-4-17/h3-12,15H,2,13-14H2,1H3. The van der Waals surface area contributed by atoms with Crippen LogP contribution in [0.2, 0.25) is 20.1 Å².